The molecule has 8 nitrogen and oxygen atoms in total. The maximum Gasteiger partial charge on any atom is 0.512 e. The van der Waals surface area contributed by atoms with Gasteiger partial charge in [0, 0.05) is 17.7 Å². The van der Waals surface area contributed by atoms with E-state index in [4.69, 9.17) is 9.84 Å². The Morgan fingerprint density at radius 3 is 2.72 bits per heavy atom. The first kappa shape index (κ1) is 18.4. The molecule has 4 atom stereocenters. The lowest BCUT2D eigenvalue weighted by Gasteiger charge is -2.43. The maximum absolute atomic E-state index is 12.2. The van der Waals surface area contributed by atoms with E-state index in [9.17, 15) is 14.7 Å². The molecule has 10 heteroatoms. The Bertz CT molecular complexity index is 649. The molecule has 3 aliphatic heterocycles. The molecule has 0 saturated carbocycles. The van der Waals surface area contributed by atoms with Crippen LogP contribution in [0, 0.1) is 11.8 Å². The van der Waals surface area contributed by atoms with Gasteiger partial charge in [0.15, 0.2) is 0 Å². The molecule has 0 spiro atoms. The molecule has 0 bridgehead atoms. The Balaban J connectivity index is 1.74. The molecule has 3 heterocycles. The molecule has 25 heavy (non-hydrogen) atoms. The van der Waals surface area contributed by atoms with Gasteiger partial charge in [-0.25, -0.2) is 4.79 Å². The number of fused-ring (bicyclic) bond motifs is 1. The zero-order valence-corrected chi connectivity index (χ0v) is 15.8. The van der Waals surface area contributed by atoms with Gasteiger partial charge in [0.2, 0.25) is 11.8 Å². The molecule has 3 rings (SSSR count). The third-order valence-electron chi connectivity index (χ3n) is 4.21. The number of rotatable bonds is 5. The summed E-state index contributed by atoms with van der Waals surface area (Å²) in [6.07, 6.45) is -2.24. The maximum atomic E-state index is 12.2. The molecule has 0 aromatic heterocycles. The largest absolute Gasteiger partial charge is 0.512 e. The molecule has 1 amide bonds. The number of β-lactam (4-membered cyclic amide) rings is 1. The van der Waals surface area contributed by atoms with Crippen molar-refractivity contribution in [3.8, 4) is 0 Å². The number of carbonyl (C=O) groups excluding carboxylic acids is 1. The Kier molecular flexibility index (Phi) is 5.21. The molecule has 0 aliphatic carbocycles. The van der Waals surface area contributed by atoms with Gasteiger partial charge in [-0.15, -0.1) is 11.8 Å². The van der Waals surface area contributed by atoms with Crippen molar-refractivity contribution in [2.24, 2.45) is 16.8 Å². The summed E-state index contributed by atoms with van der Waals surface area (Å²) in [7, 11) is 0. The second-order valence-corrected chi connectivity index (χ2v) is 9.14. The van der Waals surface area contributed by atoms with Crippen LogP contribution in [0.1, 0.15) is 20.8 Å². The summed E-state index contributed by atoms with van der Waals surface area (Å²) >= 11 is 2.84. The summed E-state index contributed by atoms with van der Waals surface area (Å²) in [6.45, 7) is 7.04. The summed E-state index contributed by atoms with van der Waals surface area (Å²) in [5.41, 5.74) is 0. The van der Waals surface area contributed by atoms with E-state index in [0.717, 1.165) is 5.84 Å². The van der Waals surface area contributed by atoms with Crippen LogP contribution in [0.5, 0.6) is 0 Å². The zero-order chi connectivity index (χ0) is 18.3. The smallest absolute Gasteiger partial charge is 0.449 e. The van der Waals surface area contributed by atoms with Crippen LogP contribution in [0.2, 0.25) is 0 Å². The summed E-state index contributed by atoms with van der Waals surface area (Å²) in [5.74, 6) is 0.531. The second-order valence-electron chi connectivity index (χ2n) is 6.45. The zero-order valence-electron chi connectivity index (χ0n) is 14.1. The Hall–Kier alpha value is -1.39. The molecule has 0 radical (unpaired) electrons. The number of carboxylic acid groups (broad SMARTS) is 1. The lowest BCUT2D eigenvalue weighted by atomic mass is 9.93. The molecule has 3 N–H and O–H groups in total. The van der Waals surface area contributed by atoms with E-state index >= 15 is 0 Å². The van der Waals surface area contributed by atoms with E-state index < -0.39 is 18.2 Å². The van der Waals surface area contributed by atoms with Gasteiger partial charge in [-0.1, -0.05) is 25.6 Å². The van der Waals surface area contributed by atoms with Gasteiger partial charge in [0.05, 0.1) is 24.4 Å². The highest BCUT2D eigenvalue weighted by Crippen LogP contribution is 2.54. The second kappa shape index (κ2) is 7.08. The standard InChI is InChI=1S/C15H21N3O5S2/c1-6(2)10-16-4-8(5-17-10)24-14-12(23-15(21)22)18-11(20)9(7(3)19)13(18)25-14/h6-9,13,19H,4-5H2,1-3H3,(H,16,17)(H,21,22)/t7?,9?,13-/m0/s1. The first-order chi connectivity index (χ1) is 11.8. The third kappa shape index (κ3) is 3.47. The number of ether oxygens (including phenoxy) is 1. The van der Waals surface area contributed by atoms with E-state index in [1.807, 2.05) is 0 Å². The Morgan fingerprint density at radius 2 is 2.20 bits per heavy atom. The molecular formula is C15H21N3O5S2. The highest BCUT2D eigenvalue weighted by molar-refractivity contribution is 8.23. The Labute approximate surface area is 154 Å². The van der Waals surface area contributed by atoms with Crippen molar-refractivity contribution in [2.75, 3.05) is 13.1 Å². The van der Waals surface area contributed by atoms with Gasteiger partial charge >= 0.3 is 6.16 Å². The minimum Gasteiger partial charge on any atom is -0.449 e. The van der Waals surface area contributed by atoms with Crippen molar-refractivity contribution in [2.45, 2.75) is 37.5 Å². The summed E-state index contributed by atoms with van der Waals surface area (Å²) in [4.78, 5) is 29.1. The van der Waals surface area contributed by atoms with E-state index in [2.05, 4.69) is 24.2 Å². The van der Waals surface area contributed by atoms with Crippen LogP contribution in [0.4, 0.5) is 4.79 Å². The molecule has 138 valence electrons. The van der Waals surface area contributed by atoms with Crippen LogP contribution < -0.4 is 5.32 Å². The predicted octanol–water partition coefficient (Wildman–Crippen LogP) is 1.48. The number of aliphatic imine (C=N–C) groups is 1. The van der Waals surface area contributed by atoms with Gasteiger partial charge in [0.1, 0.15) is 9.61 Å². The van der Waals surface area contributed by atoms with Crippen LogP contribution in [-0.4, -0.2) is 62.8 Å². The average molecular weight is 387 g/mol. The number of nitrogens with zero attached hydrogens (tertiary/aromatic N) is 2. The summed E-state index contributed by atoms with van der Waals surface area (Å²) in [5, 5.41) is 21.9. The molecule has 3 unspecified atom stereocenters. The highest BCUT2D eigenvalue weighted by Gasteiger charge is 2.57. The number of aliphatic hydroxyl groups is 1. The van der Waals surface area contributed by atoms with Gasteiger partial charge in [-0.2, -0.15) is 0 Å². The normalized spacial score (nSPS) is 29.8. The van der Waals surface area contributed by atoms with Crippen LogP contribution in [-0.2, 0) is 9.53 Å². The first-order valence-electron chi connectivity index (χ1n) is 8.07. The number of carbonyl (C=O) groups is 2. The lowest BCUT2D eigenvalue weighted by molar-refractivity contribution is -0.155. The molecular weight excluding hydrogens is 366 g/mol. The number of amides is 1. The fourth-order valence-electron chi connectivity index (χ4n) is 2.94. The SMILES string of the molecule is CC(C)C1=NCC(SC2=C(OC(=O)O)N3C(=O)C(C(C)O)[C@@H]3S2)CN1. The molecule has 0 aromatic carbocycles. The Morgan fingerprint density at radius 1 is 1.48 bits per heavy atom. The minimum absolute atomic E-state index is 0.0630. The van der Waals surface area contributed by atoms with Gasteiger partial charge in [0.25, 0.3) is 0 Å². The van der Waals surface area contributed by atoms with Crippen LogP contribution in [0.3, 0.4) is 0 Å². The minimum atomic E-state index is -1.45. The van der Waals surface area contributed by atoms with Gasteiger partial charge in [-0.3, -0.25) is 14.7 Å². The number of thioether (sulfide) groups is 2. The highest BCUT2D eigenvalue weighted by atomic mass is 32.2. The van der Waals surface area contributed by atoms with Crippen molar-refractivity contribution >= 4 is 41.4 Å². The van der Waals surface area contributed by atoms with Crippen molar-refractivity contribution in [3.05, 3.63) is 10.1 Å². The van der Waals surface area contributed by atoms with Crippen LogP contribution >= 0.6 is 23.5 Å². The van der Waals surface area contributed by atoms with E-state index in [-0.39, 0.29) is 22.4 Å². The van der Waals surface area contributed by atoms with E-state index in [0.29, 0.717) is 23.2 Å². The predicted molar refractivity (Wildman–Crippen MR) is 96.1 cm³/mol. The van der Waals surface area contributed by atoms with Crippen molar-refractivity contribution in [1.29, 1.82) is 0 Å². The molecule has 1 fully saturated rings. The van der Waals surface area contributed by atoms with E-state index in [1.165, 1.54) is 28.4 Å². The topological polar surface area (TPSA) is 111 Å². The number of nitrogens with one attached hydrogen (secondary N) is 1. The number of hydrogen-bond acceptors (Lipinski definition) is 8. The van der Waals surface area contributed by atoms with Crippen molar-refractivity contribution < 1.29 is 24.5 Å². The average Bonchev–Trinajstić information content (AvgIpc) is 2.80. The van der Waals surface area contributed by atoms with Gasteiger partial charge < -0.3 is 20.3 Å². The molecule has 3 aliphatic rings. The molecule has 1 saturated heterocycles. The fourth-order valence-corrected chi connectivity index (χ4v) is 5.98. The summed E-state index contributed by atoms with van der Waals surface area (Å²) < 4.78 is 5.53. The summed E-state index contributed by atoms with van der Waals surface area (Å²) in [6, 6.07) is 0. The van der Waals surface area contributed by atoms with Crippen LogP contribution in [0.25, 0.3) is 0 Å². The fraction of sp³-hybridized carbons (Fsp3) is 0.667. The number of aliphatic hydroxyl groups excluding tert-OH is 1. The number of hydrogen-bond donors (Lipinski definition) is 3. The first-order valence-corrected chi connectivity index (χ1v) is 9.83. The number of amidine groups is 1. The molecule has 0 aromatic rings. The van der Waals surface area contributed by atoms with Crippen LogP contribution in [0.15, 0.2) is 15.1 Å². The van der Waals surface area contributed by atoms with Crippen molar-refractivity contribution in [3.63, 3.8) is 0 Å². The monoisotopic (exact) mass is 387 g/mol. The van der Waals surface area contributed by atoms with Gasteiger partial charge in [-0.05, 0) is 6.92 Å². The lowest BCUT2D eigenvalue weighted by Crippen LogP contribution is -2.60. The third-order valence-corrected chi connectivity index (χ3v) is 6.96. The van der Waals surface area contributed by atoms with Crippen molar-refractivity contribution in [1.82, 2.24) is 10.2 Å². The quantitative estimate of drug-likeness (QED) is 0.480. The van der Waals surface area contributed by atoms with E-state index in [1.54, 1.807) is 6.92 Å².